The Morgan fingerprint density at radius 1 is 1.43 bits per heavy atom. The van der Waals surface area contributed by atoms with Crippen molar-refractivity contribution in [2.24, 2.45) is 5.92 Å². The van der Waals surface area contributed by atoms with Crippen molar-refractivity contribution in [2.45, 2.75) is 51.4 Å². The molecule has 0 heterocycles. The summed E-state index contributed by atoms with van der Waals surface area (Å²) in [5, 5.41) is 3.52. The van der Waals surface area contributed by atoms with Gasteiger partial charge in [-0.3, -0.25) is 4.21 Å². The van der Waals surface area contributed by atoms with Gasteiger partial charge in [-0.05, 0) is 36.5 Å². The second kappa shape index (κ2) is 7.95. The molecule has 0 aliphatic heterocycles. The first-order valence-corrected chi connectivity index (χ1v) is 9.35. The smallest absolute Gasteiger partial charge is 0.123 e. The number of nitrogens with one attached hydrogen (secondary N) is 1. The summed E-state index contributed by atoms with van der Waals surface area (Å²) in [6, 6.07) is 6.94. The summed E-state index contributed by atoms with van der Waals surface area (Å²) >= 11 is 0. The Hall–Kier alpha value is -0.870. The fraction of sp³-hybridized carbons (Fsp3) is 0.647. The van der Waals surface area contributed by atoms with Gasteiger partial charge in [0.15, 0.2) is 0 Å². The topological polar surface area (TPSA) is 38.3 Å². The van der Waals surface area contributed by atoms with Gasteiger partial charge in [-0.1, -0.05) is 26.3 Å². The van der Waals surface area contributed by atoms with Crippen LogP contribution < -0.4 is 10.1 Å². The summed E-state index contributed by atoms with van der Waals surface area (Å²) in [6.45, 7) is 5.19. The molecule has 2 unspecified atom stereocenters. The molecule has 0 radical (unpaired) electrons. The third-order valence-electron chi connectivity index (χ3n) is 4.00. The molecule has 2 rings (SSSR count). The molecule has 3 nitrogen and oxygen atoms in total. The van der Waals surface area contributed by atoms with Crippen molar-refractivity contribution in [3.05, 3.63) is 29.3 Å². The van der Waals surface area contributed by atoms with Gasteiger partial charge in [-0.25, -0.2) is 0 Å². The van der Waals surface area contributed by atoms with Crippen molar-refractivity contribution in [2.75, 3.05) is 12.9 Å². The lowest BCUT2D eigenvalue weighted by Crippen LogP contribution is -2.15. The lowest BCUT2D eigenvalue weighted by Gasteiger charge is -2.13. The van der Waals surface area contributed by atoms with E-state index >= 15 is 0 Å². The molecule has 0 spiro atoms. The van der Waals surface area contributed by atoms with Crippen LogP contribution in [0, 0.1) is 5.92 Å². The number of ether oxygens (including phenoxy) is 1. The van der Waals surface area contributed by atoms with E-state index in [4.69, 9.17) is 4.74 Å². The van der Waals surface area contributed by atoms with Crippen molar-refractivity contribution >= 4 is 10.8 Å². The van der Waals surface area contributed by atoms with Crippen molar-refractivity contribution in [1.29, 1.82) is 0 Å². The van der Waals surface area contributed by atoms with E-state index in [9.17, 15) is 4.21 Å². The number of hydrogen-bond acceptors (Lipinski definition) is 3. The van der Waals surface area contributed by atoms with Gasteiger partial charge >= 0.3 is 0 Å². The molecule has 0 amide bonds. The highest BCUT2D eigenvalue weighted by Gasteiger charge is 2.20. The molecule has 0 bridgehead atoms. The second-order valence-electron chi connectivity index (χ2n) is 6.07. The average Bonchev–Trinajstić information content (AvgIpc) is 3.29. The van der Waals surface area contributed by atoms with Crippen LogP contribution in [0.4, 0.5) is 0 Å². The van der Waals surface area contributed by atoms with Gasteiger partial charge in [0, 0.05) is 34.7 Å². The van der Waals surface area contributed by atoms with Crippen LogP contribution in [-0.2, 0) is 23.1 Å². The summed E-state index contributed by atoms with van der Waals surface area (Å²) in [5.41, 5.74) is 2.31. The molecule has 1 aromatic rings. The van der Waals surface area contributed by atoms with Crippen LogP contribution >= 0.6 is 0 Å². The van der Waals surface area contributed by atoms with E-state index in [2.05, 4.69) is 31.3 Å². The largest absolute Gasteiger partial charge is 0.496 e. The molecular formula is C17H27NO2S. The molecule has 2 atom stereocenters. The SMILES string of the molecule is CCC(C)CS(=O)Cc1cc(CNC2CC2)ccc1OC. The molecule has 1 aliphatic rings. The highest BCUT2D eigenvalue weighted by Crippen LogP contribution is 2.24. The van der Waals surface area contributed by atoms with E-state index < -0.39 is 10.8 Å². The Morgan fingerprint density at radius 3 is 2.81 bits per heavy atom. The molecule has 1 saturated carbocycles. The number of hydrogen-bond donors (Lipinski definition) is 1. The van der Waals surface area contributed by atoms with Crippen LogP contribution in [0.25, 0.3) is 0 Å². The van der Waals surface area contributed by atoms with E-state index in [1.807, 2.05) is 6.07 Å². The van der Waals surface area contributed by atoms with E-state index in [0.717, 1.165) is 30.0 Å². The van der Waals surface area contributed by atoms with Crippen molar-refractivity contribution in [3.63, 3.8) is 0 Å². The van der Waals surface area contributed by atoms with Crippen LogP contribution in [0.5, 0.6) is 5.75 Å². The maximum Gasteiger partial charge on any atom is 0.123 e. The molecule has 0 saturated heterocycles. The van der Waals surface area contributed by atoms with Gasteiger partial charge in [-0.15, -0.1) is 0 Å². The first-order chi connectivity index (χ1) is 10.1. The minimum absolute atomic E-state index is 0.511. The third-order valence-corrected chi connectivity index (χ3v) is 5.57. The van der Waals surface area contributed by atoms with Gasteiger partial charge in [0.1, 0.15) is 5.75 Å². The zero-order chi connectivity index (χ0) is 15.2. The molecule has 0 aromatic heterocycles. The second-order valence-corrected chi connectivity index (χ2v) is 7.57. The predicted molar refractivity (Wildman–Crippen MR) is 89.0 cm³/mol. The first-order valence-electron chi connectivity index (χ1n) is 7.86. The zero-order valence-electron chi connectivity index (χ0n) is 13.4. The Labute approximate surface area is 130 Å². The fourth-order valence-corrected chi connectivity index (χ4v) is 3.83. The maximum absolute atomic E-state index is 12.3. The van der Waals surface area contributed by atoms with Crippen molar-refractivity contribution in [3.8, 4) is 5.75 Å². The number of rotatable bonds is 9. The lowest BCUT2D eigenvalue weighted by atomic mass is 10.1. The molecule has 1 N–H and O–H groups in total. The minimum atomic E-state index is -0.822. The molecule has 118 valence electrons. The van der Waals surface area contributed by atoms with Gasteiger partial charge in [-0.2, -0.15) is 0 Å². The lowest BCUT2D eigenvalue weighted by molar-refractivity contribution is 0.411. The van der Waals surface area contributed by atoms with Crippen molar-refractivity contribution < 1.29 is 8.95 Å². The summed E-state index contributed by atoms with van der Waals surface area (Å²) in [7, 11) is 0.857. The quantitative estimate of drug-likeness (QED) is 0.761. The van der Waals surface area contributed by atoms with Crippen LogP contribution in [-0.4, -0.2) is 23.1 Å². The van der Waals surface area contributed by atoms with Gasteiger partial charge in [0.2, 0.25) is 0 Å². The highest BCUT2D eigenvalue weighted by atomic mass is 32.2. The van der Waals surface area contributed by atoms with Crippen LogP contribution in [0.2, 0.25) is 0 Å². The van der Waals surface area contributed by atoms with Gasteiger partial charge in [0.05, 0.1) is 12.9 Å². The van der Waals surface area contributed by atoms with Crippen molar-refractivity contribution in [1.82, 2.24) is 5.32 Å². The first kappa shape index (κ1) is 16.5. The summed E-state index contributed by atoms with van der Waals surface area (Å²) in [6.07, 6.45) is 3.66. The molecule has 1 aliphatic carbocycles. The number of benzene rings is 1. The highest BCUT2D eigenvalue weighted by molar-refractivity contribution is 7.84. The van der Waals surface area contributed by atoms with E-state index in [-0.39, 0.29) is 0 Å². The molecule has 1 fully saturated rings. The summed E-state index contributed by atoms with van der Waals surface area (Å²) < 4.78 is 17.7. The monoisotopic (exact) mass is 309 g/mol. The maximum atomic E-state index is 12.3. The van der Waals surface area contributed by atoms with E-state index in [0.29, 0.717) is 17.7 Å². The Morgan fingerprint density at radius 2 is 2.19 bits per heavy atom. The predicted octanol–water partition coefficient (Wildman–Crippen LogP) is 3.24. The Balaban J connectivity index is 2.00. The van der Waals surface area contributed by atoms with Crippen LogP contribution in [0.1, 0.15) is 44.2 Å². The zero-order valence-corrected chi connectivity index (χ0v) is 14.2. The summed E-state index contributed by atoms with van der Waals surface area (Å²) in [5.74, 6) is 2.72. The molecular weight excluding hydrogens is 282 g/mol. The minimum Gasteiger partial charge on any atom is -0.496 e. The third kappa shape index (κ3) is 5.44. The van der Waals surface area contributed by atoms with Crippen LogP contribution in [0.15, 0.2) is 18.2 Å². The molecule has 1 aromatic carbocycles. The molecule has 21 heavy (non-hydrogen) atoms. The van der Waals surface area contributed by atoms with E-state index in [1.54, 1.807) is 7.11 Å². The summed E-state index contributed by atoms with van der Waals surface area (Å²) in [4.78, 5) is 0. The normalized spacial score (nSPS) is 17.5. The number of methoxy groups -OCH3 is 1. The van der Waals surface area contributed by atoms with Gasteiger partial charge < -0.3 is 10.1 Å². The standard InChI is InChI=1S/C17H27NO2S/c1-4-13(2)11-21(19)12-15-9-14(5-8-17(15)20-3)10-18-16-6-7-16/h5,8-9,13,16,18H,4,6-7,10-12H2,1-3H3. The van der Waals surface area contributed by atoms with Gasteiger partial charge in [0.25, 0.3) is 0 Å². The van der Waals surface area contributed by atoms with E-state index in [1.165, 1.54) is 18.4 Å². The fourth-order valence-electron chi connectivity index (χ4n) is 2.27. The van der Waals surface area contributed by atoms with Crippen LogP contribution in [0.3, 0.4) is 0 Å². The molecule has 4 heteroatoms. The Kier molecular flexibility index (Phi) is 6.24. The Bertz CT molecular complexity index is 486. The average molecular weight is 309 g/mol.